The molecule has 1 atom stereocenters. The van der Waals surface area contributed by atoms with Crippen LogP contribution in [0.4, 0.5) is 4.39 Å². The Bertz CT molecular complexity index is 421. The van der Waals surface area contributed by atoms with Crippen molar-refractivity contribution in [1.82, 2.24) is 4.90 Å². The van der Waals surface area contributed by atoms with Crippen molar-refractivity contribution in [2.75, 3.05) is 26.3 Å². The first-order chi connectivity index (χ1) is 8.68. The third kappa shape index (κ3) is 3.29. The molecule has 18 heavy (non-hydrogen) atoms. The van der Waals surface area contributed by atoms with Gasteiger partial charge in [0.05, 0.1) is 18.0 Å². The fraction of sp³-hybridized carbons (Fsp3) is 0.462. The minimum Gasteiger partial charge on any atom is -0.378 e. The van der Waals surface area contributed by atoms with E-state index in [1.165, 1.54) is 6.07 Å². The molecule has 5 heteroatoms. The number of amides is 1. The largest absolute Gasteiger partial charge is 0.378 e. The van der Waals surface area contributed by atoms with Crippen LogP contribution in [0.5, 0.6) is 0 Å². The summed E-state index contributed by atoms with van der Waals surface area (Å²) >= 11 is 3.35. The Morgan fingerprint density at radius 2 is 2.06 bits per heavy atom. The number of halogens is 2. The smallest absolute Gasteiger partial charge is 0.236 e. The highest BCUT2D eigenvalue weighted by Gasteiger charge is 2.24. The summed E-state index contributed by atoms with van der Waals surface area (Å²) in [6.45, 7) is 2.37. The second-order valence-electron chi connectivity index (χ2n) is 4.20. The number of hydrogen-bond acceptors (Lipinski definition) is 2. The molecule has 0 saturated carbocycles. The molecule has 1 fully saturated rings. The van der Waals surface area contributed by atoms with E-state index in [1.807, 2.05) is 0 Å². The molecule has 1 heterocycles. The number of carbonyl (C=O) groups is 1. The summed E-state index contributed by atoms with van der Waals surface area (Å²) in [6, 6.07) is 6.54. The van der Waals surface area contributed by atoms with Gasteiger partial charge in [-0.1, -0.05) is 34.1 Å². The van der Waals surface area contributed by atoms with Gasteiger partial charge < -0.3 is 9.64 Å². The number of rotatable bonds is 3. The van der Waals surface area contributed by atoms with Gasteiger partial charge in [0.25, 0.3) is 0 Å². The Balaban J connectivity index is 1.96. The Morgan fingerprint density at radius 3 is 2.72 bits per heavy atom. The molecule has 0 aromatic heterocycles. The lowest BCUT2D eigenvalue weighted by atomic mass is 10.1. The van der Waals surface area contributed by atoms with Gasteiger partial charge in [-0.3, -0.25) is 4.79 Å². The van der Waals surface area contributed by atoms with Crippen LogP contribution in [0.15, 0.2) is 24.3 Å². The molecule has 3 nitrogen and oxygen atoms in total. The van der Waals surface area contributed by atoms with Crippen LogP contribution in [0.1, 0.15) is 5.56 Å². The predicted octanol–water partition coefficient (Wildman–Crippen LogP) is 1.99. The van der Waals surface area contributed by atoms with Gasteiger partial charge in [0.1, 0.15) is 5.82 Å². The van der Waals surface area contributed by atoms with E-state index in [0.717, 1.165) is 0 Å². The highest BCUT2D eigenvalue weighted by atomic mass is 79.9. The number of alkyl halides is 1. The summed E-state index contributed by atoms with van der Waals surface area (Å²) in [7, 11) is 0. The van der Waals surface area contributed by atoms with Gasteiger partial charge in [-0.05, 0) is 18.1 Å². The van der Waals surface area contributed by atoms with E-state index < -0.39 is 0 Å². The molecule has 1 aliphatic rings. The van der Waals surface area contributed by atoms with Crippen molar-refractivity contribution < 1.29 is 13.9 Å². The van der Waals surface area contributed by atoms with Gasteiger partial charge in [0, 0.05) is 13.1 Å². The fourth-order valence-corrected chi connectivity index (χ4v) is 2.56. The average molecular weight is 316 g/mol. The van der Waals surface area contributed by atoms with E-state index >= 15 is 0 Å². The molecule has 1 amide bonds. The summed E-state index contributed by atoms with van der Waals surface area (Å²) < 4.78 is 18.7. The maximum Gasteiger partial charge on any atom is 0.236 e. The minimum absolute atomic E-state index is 0.00144. The van der Waals surface area contributed by atoms with Gasteiger partial charge in [-0.25, -0.2) is 4.39 Å². The third-order valence-electron chi connectivity index (χ3n) is 2.95. The average Bonchev–Trinajstić information content (AvgIpc) is 2.41. The predicted molar refractivity (Wildman–Crippen MR) is 70.2 cm³/mol. The molecule has 1 aliphatic heterocycles. The van der Waals surface area contributed by atoms with Crippen LogP contribution in [0.3, 0.4) is 0 Å². The molecule has 0 radical (unpaired) electrons. The number of benzene rings is 1. The number of ether oxygens (including phenoxy) is 1. The van der Waals surface area contributed by atoms with Gasteiger partial charge in [0.2, 0.25) is 5.91 Å². The summed E-state index contributed by atoms with van der Waals surface area (Å²) in [5, 5.41) is 0. The zero-order valence-corrected chi connectivity index (χ0v) is 11.5. The Hall–Kier alpha value is -0.940. The second-order valence-corrected chi connectivity index (χ2v) is 5.31. The minimum atomic E-state index is -0.382. The van der Waals surface area contributed by atoms with Crippen LogP contribution >= 0.6 is 15.9 Å². The molecular weight excluding hydrogens is 301 g/mol. The summed E-state index contributed by atoms with van der Waals surface area (Å²) in [4.78, 5) is 13.5. The lowest BCUT2D eigenvalue weighted by Crippen LogP contribution is -2.44. The quantitative estimate of drug-likeness (QED) is 0.798. The highest BCUT2D eigenvalue weighted by Crippen LogP contribution is 2.16. The zero-order chi connectivity index (χ0) is 13.0. The Labute approximate surface area is 114 Å². The fourth-order valence-electron chi connectivity index (χ4n) is 1.93. The monoisotopic (exact) mass is 315 g/mol. The molecule has 98 valence electrons. The summed E-state index contributed by atoms with van der Waals surface area (Å²) in [5.41, 5.74) is 0.556. The SMILES string of the molecule is O=C(C(Br)Cc1ccccc1F)N1CCOCC1. The van der Waals surface area contributed by atoms with E-state index in [0.29, 0.717) is 38.3 Å². The van der Waals surface area contributed by atoms with Crippen LogP contribution in [0.2, 0.25) is 0 Å². The third-order valence-corrected chi connectivity index (χ3v) is 3.66. The molecule has 1 saturated heterocycles. The normalized spacial score (nSPS) is 17.6. The molecule has 2 rings (SSSR count). The van der Waals surface area contributed by atoms with Gasteiger partial charge in [-0.15, -0.1) is 0 Å². The topological polar surface area (TPSA) is 29.5 Å². The van der Waals surface area contributed by atoms with Gasteiger partial charge in [-0.2, -0.15) is 0 Å². The standard InChI is InChI=1S/C13H15BrFNO2/c14-11(9-10-3-1-2-4-12(10)15)13(17)16-5-7-18-8-6-16/h1-4,11H,5-9H2. The molecule has 0 bridgehead atoms. The molecule has 1 aromatic rings. The van der Waals surface area contributed by atoms with E-state index in [2.05, 4.69) is 15.9 Å². The summed E-state index contributed by atoms with van der Waals surface area (Å²) in [6.07, 6.45) is 0.364. The van der Waals surface area contributed by atoms with Crippen LogP contribution in [-0.2, 0) is 16.0 Å². The molecule has 1 aromatic carbocycles. The van der Waals surface area contributed by atoms with Crippen LogP contribution in [0.25, 0.3) is 0 Å². The van der Waals surface area contributed by atoms with Crippen molar-refractivity contribution >= 4 is 21.8 Å². The summed E-state index contributed by atoms with van der Waals surface area (Å²) in [5.74, 6) is -0.265. The first-order valence-corrected chi connectivity index (χ1v) is 6.84. The maximum atomic E-state index is 13.5. The van der Waals surface area contributed by atoms with E-state index in [1.54, 1.807) is 23.1 Å². The number of morpholine rings is 1. The highest BCUT2D eigenvalue weighted by molar-refractivity contribution is 9.10. The van der Waals surface area contributed by atoms with Gasteiger partial charge >= 0.3 is 0 Å². The molecule has 1 unspecified atom stereocenters. The number of carbonyl (C=O) groups excluding carboxylic acids is 1. The maximum absolute atomic E-state index is 13.5. The molecule has 0 aliphatic carbocycles. The van der Waals surface area contributed by atoms with Crippen molar-refractivity contribution in [1.29, 1.82) is 0 Å². The second kappa shape index (κ2) is 6.29. The number of nitrogens with zero attached hydrogens (tertiary/aromatic N) is 1. The van der Waals surface area contributed by atoms with Crippen LogP contribution in [-0.4, -0.2) is 41.9 Å². The lowest BCUT2D eigenvalue weighted by molar-refractivity contribution is -0.134. The first-order valence-electron chi connectivity index (χ1n) is 5.92. The Morgan fingerprint density at radius 1 is 1.39 bits per heavy atom. The van der Waals surface area contributed by atoms with Crippen molar-refractivity contribution in [2.45, 2.75) is 11.2 Å². The van der Waals surface area contributed by atoms with Gasteiger partial charge in [0.15, 0.2) is 0 Å². The van der Waals surface area contributed by atoms with Crippen molar-refractivity contribution in [3.8, 4) is 0 Å². The van der Waals surface area contributed by atoms with Crippen LogP contribution in [0, 0.1) is 5.82 Å². The zero-order valence-electron chi connectivity index (χ0n) is 9.94. The molecule has 0 spiro atoms. The Kier molecular flexibility index (Phi) is 4.72. The molecular formula is C13H15BrFNO2. The van der Waals surface area contributed by atoms with E-state index in [9.17, 15) is 9.18 Å². The number of hydrogen-bond donors (Lipinski definition) is 0. The molecule has 0 N–H and O–H groups in total. The van der Waals surface area contributed by atoms with Crippen molar-refractivity contribution in [3.05, 3.63) is 35.6 Å². The van der Waals surface area contributed by atoms with Crippen LogP contribution < -0.4 is 0 Å². The lowest BCUT2D eigenvalue weighted by Gasteiger charge is -2.28. The van der Waals surface area contributed by atoms with E-state index in [-0.39, 0.29) is 16.6 Å². The van der Waals surface area contributed by atoms with Crippen molar-refractivity contribution in [3.63, 3.8) is 0 Å². The first kappa shape index (κ1) is 13.5. The van der Waals surface area contributed by atoms with Crippen molar-refractivity contribution in [2.24, 2.45) is 0 Å². The van der Waals surface area contributed by atoms with E-state index in [4.69, 9.17) is 4.74 Å².